The third kappa shape index (κ3) is 3.52. The lowest BCUT2D eigenvalue weighted by Crippen LogP contribution is -2.11. The van der Waals surface area contributed by atoms with Gasteiger partial charge in [0.2, 0.25) is 0 Å². The Balaban J connectivity index is 2.38. The van der Waals surface area contributed by atoms with Crippen molar-refractivity contribution in [2.75, 3.05) is 0 Å². The van der Waals surface area contributed by atoms with Crippen molar-refractivity contribution in [1.29, 1.82) is 0 Å². The van der Waals surface area contributed by atoms with E-state index in [0.717, 1.165) is 11.1 Å². The molecule has 0 aliphatic heterocycles. The number of nitrogens with zero attached hydrogens (tertiary/aromatic N) is 1. The van der Waals surface area contributed by atoms with Gasteiger partial charge in [-0.05, 0) is 11.6 Å². The summed E-state index contributed by atoms with van der Waals surface area (Å²) >= 11 is 5.02. The van der Waals surface area contributed by atoms with Gasteiger partial charge in [-0.1, -0.05) is 65.8 Å². The van der Waals surface area contributed by atoms with Gasteiger partial charge in [0.15, 0.2) is 0 Å². The second-order valence-corrected chi connectivity index (χ2v) is 4.17. The van der Waals surface area contributed by atoms with Crippen LogP contribution in [-0.2, 0) is 14.4 Å². The normalized spacial score (nSPS) is 9.65. The molecule has 2 rings (SSSR count). The van der Waals surface area contributed by atoms with Crippen LogP contribution in [0.2, 0.25) is 0 Å². The lowest BCUT2D eigenvalue weighted by atomic mass is 10.0. The van der Waals surface area contributed by atoms with Gasteiger partial charge >= 0.3 is 11.2 Å². The fourth-order valence-corrected chi connectivity index (χ4v) is 1.62. The monoisotopic (exact) mass is 287 g/mol. The van der Waals surface area contributed by atoms with Crippen LogP contribution in [0.4, 0.5) is 0 Å². The smallest absolute Gasteiger partial charge is 0.307 e. The number of halogens is 1. The van der Waals surface area contributed by atoms with E-state index >= 15 is 0 Å². The van der Waals surface area contributed by atoms with Crippen LogP contribution < -0.4 is 0 Å². The second-order valence-electron chi connectivity index (χ2n) is 3.82. The van der Waals surface area contributed by atoms with Crippen molar-refractivity contribution >= 4 is 28.5 Å². The molecule has 0 radical (unpaired) electrons. The number of rotatable bonds is 4. The van der Waals surface area contributed by atoms with Gasteiger partial charge in [-0.3, -0.25) is 4.79 Å². The molecule has 0 saturated carbocycles. The Morgan fingerprint density at radius 1 is 0.850 bits per heavy atom. The molecule has 2 aromatic carbocycles. The van der Waals surface area contributed by atoms with Gasteiger partial charge in [-0.2, -0.15) is 0 Å². The van der Waals surface area contributed by atoms with Gasteiger partial charge in [0.05, 0.1) is 0 Å². The lowest BCUT2D eigenvalue weighted by Gasteiger charge is -2.05. The Hall–Kier alpha value is -2.46. The topological polar surface area (TPSA) is 55.7 Å². The van der Waals surface area contributed by atoms with E-state index in [4.69, 9.17) is 11.6 Å². The third-order valence-electron chi connectivity index (χ3n) is 2.47. The maximum absolute atomic E-state index is 11.1. The van der Waals surface area contributed by atoms with Crippen molar-refractivity contribution in [3.8, 4) is 0 Å². The average molecular weight is 288 g/mol. The van der Waals surface area contributed by atoms with Crippen molar-refractivity contribution in [2.24, 2.45) is 5.16 Å². The highest BCUT2D eigenvalue weighted by atomic mass is 35.5. The molecule has 2 aromatic rings. The summed E-state index contributed by atoms with van der Waals surface area (Å²) in [6.45, 7) is 0. The van der Waals surface area contributed by atoms with E-state index in [1.54, 1.807) is 0 Å². The quantitative estimate of drug-likeness (QED) is 0.286. The number of oxime groups is 1. The van der Waals surface area contributed by atoms with Gasteiger partial charge in [-0.25, -0.2) is 4.79 Å². The van der Waals surface area contributed by atoms with Crippen LogP contribution in [0.3, 0.4) is 0 Å². The molecular weight excluding hydrogens is 278 g/mol. The van der Waals surface area contributed by atoms with Crippen molar-refractivity contribution in [1.82, 2.24) is 0 Å². The van der Waals surface area contributed by atoms with Crippen LogP contribution in [0.15, 0.2) is 65.8 Å². The summed E-state index contributed by atoms with van der Waals surface area (Å²) < 4.78 is 0. The first-order chi connectivity index (χ1) is 9.68. The number of benzene rings is 2. The summed E-state index contributed by atoms with van der Waals surface area (Å²) in [6.07, 6.45) is 0. The number of carbonyl (C=O) groups is 2. The molecular formula is C15H10ClNO3. The summed E-state index contributed by atoms with van der Waals surface area (Å²) in [5.41, 5.74) is 1.96. The van der Waals surface area contributed by atoms with Gasteiger partial charge < -0.3 is 4.84 Å². The zero-order valence-corrected chi connectivity index (χ0v) is 11.1. The fraction of sp³-hybridized carbons (Fsp3) is 0. The van der Waals surface area contributed by atoms with E-state index in [1.165, 1.54) is 0 Å². The van der Waals surface area contributed by atoms with Gasteiger partial charge in [0.1, 0.15) is 5.71 Å². The molecule has 100 valence electrons. The Bertz CT molecular complexity index is 597. The van der Waals surface area contributed by atoms with Gasteiger partial charge in [-0.15, -0.1) is 0 Å². The van der Waals surface area contributed by atoms with E-state index in [1.807, 2.05) is 60.7 Å². The zero-order chi connectivity index (χ0) is 14.4. The van der Waals surface area contributed by atoms with Crippen LogP contribution in [-0.4, -0.2) is 16.9 Å². The molecule has 0 fully saturated rings. The maximum Gasteiger partial charge on any atom is 0.417 e. The summed E-state index contributed by atoms with van der Waals surface area (Å²) in [6, 6.07) is 18.4. The largest absolute Gasteiger partial charge is 0.417 e. The molecule has 0 N–H and O–H groups in total. The van der Waals surface area contributed by atoms with Crippen LogP contribution in [0.25, 0.3) is 0 Å². The van der Waals surface area contributed by atoms with Crippen molar-refractivity contribution in [3.05, 3.63) is 71.8 Å². The molecule has 0 aliphatic rings. The van der Waals surface area contributed by atoms with Crippen LogP contribution in [0, 0.1) is 0 Å². The highest BCUT2D eigenvalue weighted by Crippen LogP contribution is 2.11. The molecule has 0 atom stereocenters. The first-order valence-corrected chi connectivity index (χ1v) is 6.16. The molecule has 0 aromatic heterocycles. The number of hydrogen-bond acceptors (Lipinski definition) is 4. The molecule has 5 heteroatoms. The molecule has 4 nitrogen and oxygen atoms in total. The van der Waals surface area contributed by atoms with Crippen molar-refractivity contribution in [2.45, 2.75) is 0 Å². The van der Waals surface area contributed by atoms with Crippen LogP contribution >= 0.6 is 11.6 Å². The molecule has 0 aliphatic carbocycles. The Morgan fingerprint density at radius 2 is 1.30 bits per heavy atom. The van der Waals surface area contributed by atoms with Gasteiger partial charge in [0, 0.05) is 11.1 Å². The molecule has 20 heavy (non-hydrogen) atoms. The number of hydrogen-bond donors (Lipinski definition) is 0. The zero-order valence-electron chi connectivity index (χ0n) is 10.3. The predicted octanol–water partition coefficient (Wildman–Crippen LogP) is 2.75. The SMILES string of the molecule is O=C(Cl)C(=O)ON=C(c1ccccc1)c1ccccc1. The predicted molar refractivity (Wildman–Crippen MR) is 75.5 cm³/mol. The van der Waals surface area contributed by atoms with Gasteiger partial charge in [0.25, 0.3) is 0 Å². The van der Waals surface area contributed by atoms with Crippen molar-refractivity contribution < 1.29 is 14.4 Å². The third-order valence-corrected chi connectivity index (χ3v) is 2.63. The Morgan fingerprint density at radius 3 is 1.70 bits per heavy atom. The van der Waals surface area contributed by atoms with Crippen molar-refractivity contribution in [3.63, 3.8) is 0 Å². The summed E-state index contributed by atoms with van der Waals surface area (Å²) in [5.74, 6) is -1.21. The first-order valence-electron chi connectivity index (χ1n) is 5.78. The summed E-state index contributed by atoms with van der Waals surface area (Å²) in [4.78, 5) is 26.3. The molecule has 0 bridgehead atoms. The number of carbonyl (C=O) groups excluding carboxylic acids is 2. The Kier molecular flexibility index (Phi) is 4.63. The standard InChI is InChI=1S/C15H10ClNO3/c16-14(18)15(19)20-17-13(11-7-3-1-4-8-11)12-9-5-2-6-10-12/h1-10H. The van der Waals surface area contributed by atoms with E-state index in [-0.39, 0.29) is 0 Å². The van der Waals surface area contributed by atoms with Crippen LogP contribution in [0.1, 0.15) is 11.1 Å². The summed E-state index contributed by atoms with van der Waals surface area (Å²) in [7, 11) is 0. The highest BCUT2D eigenvalue weighted by Gasteiger charge is 2.14. The molecule has 0 heterocycles. The molecule has 0 amide bonds. The van der Waals surface area contributed by atoms with E-state index in [9.17, 15) is 9.59 Å². The summed E-state index contributed by atoms with van der Waals surface area (Å²) in [5, 5.41) is 2.53. The maximum atomic E-state index is 11.1. The highest BCUT2D eigenvalue weighted by molar-refractivity contribution is 6.80. The molecule has 0 unspecified atom stereocenters. The molecule has 0 saturated heterocycles. The van der Waals surface area contributed by atoms with E-state index in [2.05, 4.69) is 9.99 Å². The minimum Gasteiger partial charge on any atom is -0.307 e. The second kappa shape index (κ2) is 6.63. The average Bonchev–Trinajstić information content (AvgIpc) is 2.49. The first kappa shape index (κ1) is 14.0. The fourth-order valence-electron chi connectivity index (χ4n) is 1.59. The van der Waals surface area contributed by atoms with E-state index < -0.39 is 11.2 Å². The van der Waals surface area contributed by atoms with E-state index in [0.29, 0.717) is 5.71 Å². The molecule has 0 spiro atoms. The minimum atomic E-state index is -1.21. The van der Waals surface area contributed by atoms with Crippen LogP contribution in [0.5, 0.6) is 0 Å². The Labute approximate surface area is 120 Å². The minimum absolute atomic E-state index is 0.442. The lowest BCUT2D eigenvalue weighted by molar-refractivity contribution is -0.150.